The van der Waals surface area contributed by atoms with Crippen LogP contribution >= 0.6 is 0 Å². The molecule has 0 atom stereocenters. The molecule has 0 aromatic heterocycles. The van der Waals surface area contributed by atoms with Crippen molar-refractivity contribution >= 4 is 12.6 Å². The quantitative estimate of drug-likeness (QED) is 0.446. The van der Waals surface area contributed by atoms with Crippen LogP contribution in [-0.4, -0.2) is 24.0 Å². The first-order chi connectivity index (χ1) is 5.34. The predicted octanol–water partition coefficient (Wildman–Crippen LogP) is -0.660. The highest BCUT2D eigenvalue weighted by atomic mass is 16.6. The molecule has 11 heavy (non-hydrogen) atoms. The van der Waals surface area contributed by atoms with E-state index in [4.69, 9.17) is 10.1 Å². The number of hydrogen-bond donors (Lipinski definition) is 2. The van der Waals surface area contributed by atoms with Gasteiger partial charge in [-0.15, -0.1) is 0 Å². The van der Waals surface area contributed by atoms with E-state index in [0.717, 1.165) is 0 Å². The Bertz CT molecular complexity index is 202. The van der Waals surface area contributed by atoms with Crippen molar-refractivity contribution in [2.24, 2.45) is 0 Å². The van der Waals surface area contributed by atoms with Gasteiger partial charge in [-0.2, -0.15) is 0 Å². The van der Waals surface area contributed by atoms with Gasteiger partial charge in [0.1, 0.15) is 6.79 Å². The van der Waals surface area contributed by atoms with E-state index in [1.54, 1.807) is 24.3 Å². The molecule has 4 heteroatoms. The summed E-state index contributed by atoms with van der Waals surface area (Å²) in [4.78, 5) is 0. The van der Waals surface area contributed by atoms with Gasteiger partial charge in [-0.1, -0.05) is 30.3 Å². The minimum absolute atomic E-state index is 0.476. The van der Waals surface area contributed by atoms with Crippen LogP contribution in [0.4, 0.5) is 0 Å². The lowest BCUT2D eigenvalue weighted by Gasteiger charge is -2.03. The lowest BCUT2D eigenvalue weighted by atomic mass is 9.80. The second-order valence-corrected chi connectivity index (χ2v) is 2.06. The first-order valence-electron chi connectivity index (χ1n) is 3.30. The van der Waals surface area contributed by atoms with Gasteiger partial charge < -0.3 is 14.8 Å². The minimum atomic E-state index is -1.03. The van der Waals surface area contributed by atoms with Gasteiger partial charge in [0.25, 0.3) is 0 Å². The molecule has 0 saturated carbocycles. The number of aliphatic hydroxyl groups is 1. The fraction of sp³-hybridized carbons (Fsp3) is 0.143. The van der Waals surface area contributed by atoms with Crippen molar-refractivity contribution in [2.75, 3.05) is 6.79 Å². The van der Waals surface area contributed by atoms with E-state index in [9.17, 15) is 0 Å². The van der Waals surface area contributed by atoms with Crippen molar-refractivity contribution in [3.8, 4) is 0 Å². The van der Waals surface area contributed by atoms with Gasteiger partial charge in [-0.3, -0.25) is 0 Å². The molecule has 0 unspecified atom stereocenters. The van der Waals surface area contributed by atoms with Gasteiger partial charge in [-0.25, -0.2) is 0 Å². The van der Waals surface area contributed by atoms with Crippen LogP contribution in [0, 0.1) is 0 Å². The summed E-state index contributed by atoms with van der Waals surface area (Å²) in [6, 6.07) is 8.87. The number of hydrogen-bond acceptors (Lipinski definition) is 3. The summed E-state index contributed by atoms with van der Waals surface area (Å²) in [5, 5.41) is 17.5. The van der Waals surface area contributed by atoms with Crippen molar-refractivity contribution in [1.29, 1.82) is 0 Å². The Hall–Kier alpha value is -0.835. The molecule has 1 aromatic carbocycles. The topological polar surface area (TPSA) is 49.7 Å². The highest BCUT2D eigenvalue weighted by Gasteiger charge is 2.13. The molecule has 0 amide bonds. The largest absolute Gasteiger partial charge is 0.492 e. The Balaban J connectivity index is 2.61. The van der Waals surface area contributed by atoms with Gasteiger partial charge in [0.05, 0.1) is 0 Å². The summed E-state index contributed by atoms with van der Waals surface area (Å²) in [7, 11) is -1.03. The number of aliphatic hydroxyl groups excluding tert-OH is 1. The zero-order valence-electron chi connectivity index (χ0n) is 5.97. The van der Waals surface area contributed by atoms with Crippen molar-refractivity contribution in [3.05, 3.63) is 30.3 Å². The predicted molar refractivity (Wildman–Crippen MR) is 42.2 cm³/mol. The lowest BCUT2D eigenvalue weighted by molar-refractivity contribution is 0.0829. The van der Waals surface area contributed by atoms with Crippen LogP contribution in [0.5, 0.6) is 0 Å². The Morgan fingerprint density at radius 3 is 2.45 bits per heavy atom. The fourth-order valence-electron chi connectivity index (χ4n) is 0.784. The standard InChI is InChI=1S/C7H9BO3/c9-6-11-8(10)7-4-2-1-3-5-7/h1-5,9-10H,6H2. The van der Waals surface area contributed by atoms with Gasteiger partial charge in [0.15, 0.2) is 0 Å². The molecule has 0 heterocycles. The molecule has 1 rings (SSSR count). The second kappa shape index (κ2) is 4.13. The number of benzene rings is 1. The summed E-state index contributed by atoms with van der Waals surface area (Å²) < 4.78 is 4.54. The molecule has 0 bridgehead atoms. The molecule has 0 aliphatic rings. The SMILES string of the molecule is OCOB(O)c1ccccc1. The second-order valence-electron chi connectivity index (χ2n) is 2.06. The third-order valence-electron chi connectivity index (χ3n) is 1.32. The summed E-state index contributed by atoms with van der Waals surface area (Å²) in [5.41, 5.74) is 0.640. The van der Waals surface area contributed by atoms with E-state index >= 15 is 0 Å². The highest BCUT2D eigenvalue weighted by Crippen LogP contribution is 1.86. The fourth-order valence-corrected chi connectivity index (χ4v) is 0.784. The Morgan fingerprint density at radius 1 is 1.27 bits per heavy atom. The molecule has 0 radical (unpaired) electrons. The van der Waals surface area contributed by atoms with E-state index in [1.165, 1.54) is 0 Å². The summed E-state index contributed by atoms with van der Waals surface area (Å²) in [6.45, 7) is -0.476. The Kier molecular flexibility index (Phi) is 3.10. The summed E-state index contributed by atoms with van der Waals surface area (Å²) in [6.07, 6.45) is 0. The van der Waals surface area contributed by atoms with E-state index in [-0.39, 0.29) is 0 Å². The van der Waals surface area contributed by atoms with Crippen LogP contribution in [-0.2, 0) is 4.65 Å². The van der Waals surface area contributed by atoms with Crippen molar-refractivity contribution in [3.63, 3.8) is 0 Å². The Labute approximate surface area is 65.4 Å². The summed E-state index contributed by atoms with van der Waals surface area (Å²) in [5.74, 6) is 0. The van der Waals surface area contributed by atoms with Crippen LogP contribution in [0.25, 0.3) is 0 Å². The smallest absolute Gasteiger partial charge is 0.423 e. The Morgan fingerprint density at radius 2 is 1.91 bits per heavy atom. The third kappa shape index (κ3) is 2.34. The molecule has 1 aromatic rings. The van der Waals surface area contributed by atoms with Crippen LogP contribution in [0.2, 0.25) is 0 Å². The first kappa shape index (κ1) is 8.26. The minimum Gasteiger partial charge on any atom is -0.423 e. The monoisotopic (exact) mass is 152 g/mol. The zero-order chi connectivity index (χ0) is 8.10. The molecule has 0 aliphatic carbocycles. The average molecular weight is 152 g/mol. The lowest BCUT2D eigenvalue weighted by Crippen LogP contribution is -2.33. The zero-order valence-corrected chi connectivity index (χ0v) is 5.97. The maximum Gasteiger partial charge on any atom is 0.492 e. The molecule has 0 aliphatic heterocycles. The van der Waals surface area contributed by atoms with E-state index in [0.29, 0.717) is 5.46 Å². The molecule has 58 valence electrons. The molecule has 3 nitrogen and oxygen atoms in total. The van der Waals surface area contributed by atoms with Crippen LogP contribution < -0.4 is 5.46 Å². The van der Waals surface area contributed by atoms with Crippen LogP contribution in [0.1, 0.15) is 0 Å². The normalized spacial score (nSPS) is 9.64. The van der Waals surface area contributed by atoms with Crippen LogP contribution in [0.15, 0.2) is 30.3 Å². The molecule has 2 N–H and O–H groups in total. The highest BCUT2D eigenvalue weighted by molar-refractivity contribution is 6.59. The van der Waals surface area contributed by atoms with Gasteiger partial charge in [0.2, 0.25) is 0 Å². The molecule has 0 spiro atoms. The number of rotatable bonds is 3. The molecular formula is C7H9BO3. The van der Waals surface area contributed by atoms with E-state index < -0.39 is 13.9 Å². The van der Waals surface area contributed by atoms with Gasteiger partial charge in [0, 0.05) is 0 Å². The maximum atomic E-state index is 9.14. The summed E-state index contributed by atoms with van der Waals surface area (Å²) >= 11 is 0. The van der Waals surface area contributed by atoms with Crippen molar-refractivity contribution < 1.29 is 14.8 Å². The van der Waals surface area contributed by atoms with E-state index in [1.807, 2.05) is 6.07 Å². The van der Waals surface area contributed by atoms with Crippen molar-refractivity contribution in [2.45, 2.75) is 0 Å². The first-order valence-corrected chi connectivity index (χ1v) is 3.30. The molecular weight excluding hydrogens is 143 g/mol. The average Bonchev–Trinajstić information content (AvgIpc) is 2.07. The molecule has 0 fully saturated rings. The van der Waals surface area contributed by atoms with E-state index in [2.05, 4.69) is 4.65 Å². The van der Waals surface area contributed by atoms with Gasteiger partial charge in [-0.05, 0) is 5.46 Å². The maximum absolute atomic E-state index is 9.14. The van der Waals surface area contributed by atoms with Crippen LogP contribution in [0.3, 0.4) is 0 Å². The van der Waals surface area contributed by atoms with Crippen molar-refractivity contribution in [1.82, 2.24) is 0 Å². The third-order valence-corrected chi connectivity index (χ3v) is 1.32. The van der Waals surface area contributed by atoms with Gasteiger partial charge >= 0.3 is 7.12 Å². The molecule has 0 saturated heterocycles.